The Morgan fingerprint density at radius 3 is 2.79 bits per heavy atom. The van der Waals surface area contributed by atoms with Crippen molar-refractivity contribution in [3.8, 4) is 0 Å². The van der Waals surface area contributed by atoms with Gasteiger partial charge in [-0.1, -0.05) is 6.92 Å². The molecule has 0 aliphatic rings. The first-order chi connectivity index (χ1) is 9.08. The smallest absolute Gasteiger partial charge is 0.335 e. The van der Waals surface area contributed by atoms with Crippen LogP contribution in [0, 0.1) is 0 Å². The number of aromatic nitrogens is 2. The molecule has 0 aliphatic carbocycles. The number of fused-ring (bicyclic) bond motifs is 1. The molecule has 0 aliphatic heterocycles. The summed E-state index contributed by atoms with van der Waals surface area (Å²) in [6.07, 6.45) is 1.39. The van der Waals surface area contributed by atoms with Crippen LogP contribution in [0.4, 0.5) is 0 Å². The first-order valence-corrected chi connectivity index (χ1v) is 6.43. The molecule has 1 unspecified atom stereocenters. The third-order valence-corrected chi connectivity index (χ3v) is 3.31. The number of nitrogens with zero attached hydrogens (tertiary/aromatic N) is 2. The molecule has 5 heteroatoms. The number of aromatic carboxylic acids is 1. The lowest BCUT2D eigenvalue weighted by Gasteiger charge is -2.16. The number of rotatable bonds is 5. The van der Waals surface area contributed by atoms with E-state index in [9.17, 15) is 4.79 Å². The molecule has 0 saturated heterocycles. The third kappa shape index (κ3) is 2.46. The van der Waals surface area contributed by atoms with Crippen LogP contribution in [0.1, 0.15) is 42.5 Å². The summed E-state index contributed by atoms with van der Waals surface area (Å²) in [5.41, 5.74) is 1.87. The highest BCUT2D eigenvalue weighted by Crippen LogP contribution is 2.24. The maximum Gasteiger partial charge on any atom is 0.335 e. The number of hydrogen-bond donors (Lipinski definition) is 2. The molecule has 0 spiro atoms. The van der Waals surface area contributed by atoms with E-state index in [-0.39, 0.29) is 18.2 Å². The van der Waals surface area contributed by atoms with E-state index in [1.165, 1.54) is 0 Å². The van der Waals surface area contributed by atoms with Gasteiger partial charge in [-0.25, -0.2) is 9.78 Å². The monoisotopic (exact) mass is 262 g/mol. The fourth-order valence-electron chi connectivity index (χ4n) is 2.33. The number of benzene rings is 1. The van der Waals surface area contributed by atoms with E-state index in [0.717, 1.165) is 23.3 Å². The average Bonchev–Trinajstić information content (AvgIpc) is 2.76. The first-order valence-electron chi connectivity index (χ1n) is 6.43. The van der Waals surface area contributed by atoms with E-state index >= 15 is 0 Å². The molecule has 2 N–H and O–H groups in total. The van der Waals surface area contributed by atoms with E-state index in [4.69, 9.17) is 10.2 Å². The number of carboxylic acid groups (broad SMARTS) is 1. The maximum atomic E-state index is 11.1. The molecule has 1 atom stereocenters. The van der Waals surface area contributed by atoms with E-state index in [2.05, 4.69) is 4.98 Å². The number of aliphatic hydroxyl groups is 1. The molecule has 102 valence electrons. The van der Waals surface area contributed by atoms with E-state index in [1.54, 1.807) is 18.2 Å². The summed E-state index contributed by atoms with van der Waals surface area (Å²) in [4.78, 5) is 15.6. The van der Waals surface area contributed by atoms with Gasteiger partial charge in [0.25, 0.3) is 0 Å². The summed E-state index contributed by atoms with van der Waals surface area (Å²) in [5.74, 6) is -0.0269. The minimum atomic E-state index is -0.942. The minimum Gasteiger partial charge on any atom is -0.478 e. The lowest BCUT2D eigenvalue weighted by atomic mass is 10.1. The zero-order chi connectivity index (χ0) is 14.0. The Kier molecular flexibility index (Phi) is 3.85. The summed E-state index contributed by atoms with van der Waals surface area (Å²) in [5, 5.41) is 18.2. The van der Waals surface area contributed by atoms with E-state index in [0.29, 0.717) is 6.42 Å². The summed E-state index contributed by atoms with van der Waals surface area (Å²) in [6.45, 7) is 4.12. The highest BCUT2D eigenvalue weighted by Gasteiger charge is 2.16. The number of hydrogen-bond acceptors (Lipinski definition) is 3. The van der Waals surface area contributed by atoms with Gasteiger partial charge in [-0.05, 0) is 31.5 Å². The van der Waals surface area contributed by atoms with Crippen molar-refractivity contribution in [2.75, 3.05) is 6.61 Å². The maximum absolute atomic E-state index is 11.1. The second kappa shape index (κ2) is 5.40. The van der Waals surface area contributed by atoms with Crippen molar-refractivity contribution in [3.63, 3.8) is 0 Å². The molecule has 2 rings (SSSR count). The predicted octanol–water partition coefficient (Wildman–Crippen LogP) is 2.24. The molecule has 1 aromatic heterocycles. The van der Waals surface area contributed by atoms with Crippen molar-refractivity contribution in [1.82, 2.24) is 9.55 Å². The second-order valence-electron chi connectivity index (χ2n) is 4.62. The van der Waals surface area contributed by atoms with Crippen molar-refractivity contribution in [2.45, 2.75) is 32.7 Å². The number of carbonyl (C=O) groups is 1. The molecule has 0 saturated carbocycles. The summed E-state index contributed by atoms with van der Waals surface area (Å²) in [6, 6.07) is 5.05. The Labute approximate surface area is 111 Å². The lowest BCUT2D eigenvalue weighted by Crippen LogP contribution is -2.10. The number of carboxylic acids is 1. The number of imidazole rings is 1. The molecule has 0 fully saturated rings. The van der Waals surface area contributed by atoms with Gasteiger partial charge in [0.05, 0.1) is 16.6 Å². The van der Waals surface area contributed by atoms with Crippen LogP contribution in [-0.4, -0.2) is 32.3 Å². The molecule has 0 radical (unpaired) electrons. The van der Waals surface area contributed by atoms with Gasteiger partial charge in [0, 0.05) is 19.1 Å². The molecule has 19 heavy (non-hydrogen) atoms. The zero-order valence-electron chi connectivity index (χ0n) is 11.1. The fraction of sp³-hybridized carbons (Fsp3) is 0.429. The standard InChI is InChI=1S/C14H18N2O3/c1-3-13-15-11-5-4-10(14(18)19)8-12(11)16(13)9(2)6-7-17/h4-5,8-9,17H,3,6-7H2,1-2H3,(H,18,19). The van der Waals surface area contributed by atoms with Crippen molar-refractivity contribution in [3.05, 3.63) is 29.6 Å². The van der Waals surface area contributed by atoms with E-state index in [1.807, 2.05) is 18.4 Å². The second-order valence-corrected chi connectivity index (χ2v) is 4.62. The van der Waals surface area contributed by atoms with Gasteiger partial charge in [0.1, 0.15) is 5.82 Å². The van der Waals surface area contributed by atoms with Crippen LogP contribution in [0.2, 0.25) is 0 Å². The van der Waals surface area contributed by atoms with Crippen LogP contribution < -0.4 is 0 Å². The minimum absolute atomic E-state index is 0.0917. The largest absolute Gasteiger partial charge is 0.478 e. The van der Waals surface area contributed by atoms with Crippen molar-refractivity contribution in [2.24, 2.45) is 0 Å². The van der Waals surface area contributed by atoms with Crippen molar-refractivity contribution < 1.29 is 15.0 Å². The van der Waals surface area contributed by atoms with Crippen LogP contribution in [0.25, 0.3) is 11.0 Å². The third-order valence-electron chi connectivity index (χ3n) is 3.31. The van der Waals surface area contributed by atoms with Gasteiger partial charge in [0.15, 0.2) is 0 Å². The van der Waals surface area contributed by atoms with Crippen LogP contribution >= 0.6 is 0 Å². The molecule has 1 aromatic carbocycles. The normalized spacial score (nSPS) is 12.8. The van der Waals surface area contributed by atoms with Crippen LogP contribution in [0.3, 0.4) is 0 Å². The highest BCUT2D eigenvalue weighted by atomic mass is 16.4. The fourth-order valence-corrected chi connectivity index (χ4v) is 2.33. The quantitative estimate of drug-likeness (QED) is 0.866. The SMILES string of the molecule is CCc1nc2ccc(C(=O)O)cc2n1C(C)CCO. The van der Waals surface area contributed by atoms with Crippen molar-refractivity contribution >= 4 is 17.0 Å². The molecule has 5 nitrogen and oxygen atoms in total. The number of aliphatic hydroxyl groups excluding tert-OH is 1. The molecule has 1 heterocycles. The van der Waals surface area contributed by atoms with Gasteiger partial charge in [-0.2, -0.15) is 0 Å². The van der Waals surface area contributed by atoms with Crippen LogP contribution in [0.5, 0.6) is 0 Å². The molecule has 0 amide bonds. The van der Waals surface area contributed by atoms with Gasteiger partial charge in [-0.15, -0.1) is 0 Å². The molecular weight excluding hydrogens is 244 g/mol. The molecule has 0 bridgehead atoms. The number of aryl methyl sites for hydroxylation is 1. The first kappa shape index (κ1) is 13.5. The molecule has 2 aromatic rings. The van der Waals surface area contributed by atoms with Gasteiger partial charge >= 0.3 is 5.97 Å². The Hall–Kier alpha value is -1.88. The van der Waals surface area contributed by atoms with Crippen LogP contribution in [0.15, 0.2) is 18.2 Å². The van der Waals surface area contributed by atoms with E-state index < -0.39 is 5.97 Å². The average molecular weight is 262 g/mol. The Morgan fingerprint density at radius 2 is 2.21 bits per heavy atom. The Morgan fingerprint density at radius 1 is 1.47 bits per heavy atom. The summed E-state index contributed by atoms with van der Waals surface area (Å²) >= 11 is 0. The zero-order valence-corrected chi connectivity index (χ0v) is 11.1. The lowest BCUT2D eigenvalue weighted by molar-refractivity contribution is 0.0697. The van der Waals surface area contributed by atoms with Gasteiger partial charge < -0.3 is 14.8 Å². The Balaban J connectivity index is 2.62. The predicted molar refractivity (Wildman–Crippen MR) is 72.5 cm³/mol. The van der Waals surface area contributed by atoms with Crippen molar-refractivity contribution in [1.29, 1.82) is 0 Å². The molecular formula is C14H18N2O3. The highest BCUT2D eigenvalue weighted by molar-refractivity contribution is 5.92. The summed E-state index contributed by atoms with van der Waals surface area (Å²) in [7, 11) is 0. The summed E-state index contributed by atoms with van der Waals surface area (Å²) < 4.78 is 2.03. The van der Waals surface area contributed by atoms with Gasteiger partial charge in [0.2, 0.25) is 0 Å². The topological polar surface area (TPSA) is 75.3 Å². The van der Waals surface area contributed by atoms with Crippen LogP contribution in [-0.2, 0) is 6.42 Å². The Bertz CT molecular complexity index is 604. The van der Waals surface area contributed by atoms with Gasteiger partial charge in [-0.3, -0.25) is 0 Å².